The summed E-state index contributed by atoms with van der Waals surface area (Å²) in [5.74, 6) is 0.524. The standard InChI is InChI=1S/C20H18N4O4/c1-27-16-7-3-5-12(20(16)28-2)11-23-17(25)9-14-19(26)18-13(6-4-8-22-18)15(10-21)24-14/h3-8,26H,9,11H2,1-2H3,(H,23,25). The number of methoxy groups -OCH3 is 2. The van der Waals surface area contributed by atoms with Gasteiger partial charge in [-0.2, -0.15) is 5.26 Å². The molecular formula is C20H18N4O4. The van der Waals surface area contributed by atoms with Crippen molar-refractivity contribution in [3.05, 3.63) is 53.5 Å². The largest absolute Gasteiger partial charge is 0.504 e. The number of benzene rings is 1. The summed E-state index contributed by atoms with van der Waals surface area (Å²) in [4.78, 5) is 20.6. The van der Waals surface area contributed by atoms with E-state index in [-0.39, 0.29) is 41.5 Å². The monoisotopic (exact) mass is 378 g/mol. The number of aromatic nitrogens is 2. The molecule has 8 nitrogen and oxygen atoms in total. The molecule has 0 aliphatic rings. The van der Waals surface area contributed by atoms with E-state index in [2.05, 4.69) is 15.3 Å². The molecule has 0 aliphatic heterocycles. The van der Waals surface area contributed by atoms with E-state index in [1.165, 1.54) is 20.4 Å². The van der Waals surface area contributed by atoms with Gasteiger partial charge in [0.05, 0.1) is 26.3 Å². The van der Waals surface area contributed by atoms with E-state index in [1.54, 1.807) is 24.3 Å². The molecule has 142 valence electrons. The van der Waals surface area contributed by atoms with Gasteiger partial charge in [0, 0.05) is 23.7 Å². The molecule has 2 N–H and O–H groups in total. The molecule has 2 aromatic heterocycles. The van der Waals surface area contributed by atoms with Gasteiger partial charge in [0.2, 0.25) is 5.91 Å². The number of hydrogen-bond donors (Lipinski definition) is 2. The van der Waals surface area contributed by atoms with Crippen molar-refractivity contribution in [1.82, 2.24) is 15.3 Å². The van der Waals surface area contributed by atoms with Gasteiger partial charge >= 0.3 is 0 Å². The van der Waals surface area contributed by atoms with Gasteiger partial charge < -0.3 is 19.9 Å². The normalized spacial score (nSPS) is 10.3. The number of nitrogens with zero attached hydrogens (tertiary/aromatic N) is 3. The van der Waals surface area contributed by atoms with Gasteiger partial charge in [-0.1, -0.05) is 12.1 Å². The quantitative estimate of drug-likeness (QED) is 0.674. The third-order valence-corrected chi connectivity index (χ3v) is 4.20. The third-order valence-electron chi connectivity index (χ3n) is 4.20. The molecule has 8 heteroatoms. The molecule has 3 rings (SSSR count). The maximum Gasteiger partial charge on any atom is 0.226 e. The van der Waals surface area contributed by atoms with E-state index in [0.29, 0.717) is 16.9 Å². The van der Waals surface area contributed by atoms with Crippen LogP contribution in [0.5, 0.6) is 17.2 Å². The van der Waals surface area contributed by atoms with Crippen molar-refractivity contribution in [3.8, 4) is 23.3 Å². The summed E-state index contributed by atoms with van der Waals surface area (Å²) in [5.41, 5.74) is 1.19. The van der Waals surface area contributed by atoms with Crippen molar-refractivity contribution in [2.45, 2.75) is 13.0 Å². The molecule has 0 fully saturated rings. The Bertz CT molecular complexity index is 1080. The number of amides is 1. The highest BCUT2D eigenvalue weighted by Crippen LogP contribution is 2.31. The first-order chi connectivity index (χ1) is 13.6. The molecule has 1 amide bonds. The Kier molecular flexibility index (Phi) is 5.56. The number of nitriles is 1. The van der Waals surface area contributed by atoms with Gasteiger partial charge in [0.25, 0.3) is 0 Å². The summed E-state index contributed by atoms with van der Waals surface area (Å²) < 4.78 is 10.6. The van der Waals surface area contributed by atoms with Crippen LogP contribution in [-0.4, -0.2) is 35.2 Å². The highest BCUT2D eigenvalue weighted by Gasteiger charge is 2.17. The van der Waals surface area contributed by atoms with Crippen LogP contribution in [0.2, 0.25) is 0 Å². The van der Waals surface area contributed by atoms with Crippen LogP contribution < -0.4 is 14.8 Å². The topological polar surface area (TPSA) is 117 Å². The predicted molar refractivity (Wildman–Crippen MR) is 101 cm³/mol. The Balaban J connectivity index is 1.80. The zero-order chi connectivity index (χ0) is 20.1. The number of ether oxygens (including phenoxy) is 2. The molecule has 0 saturated carbocycles. The zero-order valence-corrected chi connectivity index (χ0v) is 15.4. The van der Waals surface area contributed by atoms with E-state index in [1.807, 2.05) is 12.1 Å². The van der Waals surface area contributed by atoms with E-state index < -0.39 is 0 Å². The summed E-state index contributed by atoms with van der Waals surface area (Å²) in [7, 11) is 3.06. The fourth-order valence-electron chi connectivity index (χ4n) is 2.88. The van der Waals surface area contributed by atoms with Crippen molar-refractivity contribution < 1.29 is 19.4 Å². The Morgan fingerprint density at radius 1 is 1.25 bits per heavy atom. The fraction of sp³-hybridized carbons (Fsp3) is 0.200. The summed E-state index contributed by atoms with van der Waals surface area (Å²) in [5, 5.41) is 22.9. The molecule has 2 heterocycles. The molecule has 0 saturated heterocycles. The first-order valence-corrected chi connectivity index (χ1v) is 8.42. The van der Waals surface area contributed by atoms with Crippen molar-refractivity contribution in [1.29, 1.82) is 5.26 Å². The lowest BCUT2D eigenvalue weighted by atomic mass is 10.1. The van der Waals surface area contributed by atoms with Crippen LogP contribution in [0.1, 0.15) is 17.0 Å². The highest BCUT2D eigenvalue weighted by atomic mass is 16.5. The third kappa shape index (κ3) is 3.64. The van der Waals surface area contributed by atoms with Crippen LogP contribution >= 0.6 is 0 Å². The minimum absolute atomic E-state index is 0.0952. The minimum Gasteiger partial charge on any atom is -0.504 e. The van der Waals surface area contributed by atoms with Gasteiger partial charge in [-0.15, -0.1) is 0 Å². The van der Waals surface area contributed by atoms with E-state index >= 15 is 0 Å². The molecule has 0 unspecified atom stereocenters. The number of pyridine rings is 2. The van der Waals surface area contributed by atoms with Crippen LogP contribution in [0.4, 0.5) is 0 Å². The Morgan fingerprint density at radius 3 is 2.79 bits per heavy atom. The van der Waals surface area contributed by atoms with Gasteiger partial charge in [0.1, 0.15) is 17.3 Å². The number of rotatable bonds is 6. The second-order valence-corrected chi connectivity index (χ2v) is 5.87. The summed E-state index contributed by atoms with van der Waals surface area (Å²) in [6, 6.07) is 10.6. The lowest BCUT2D eigenvalue weighted by Gasteiger charge is -2.13. The van der Waals surface area contributed by atoms with Crippen LogP contribution in [0.25, 0.3) is 10.9 Å². The average molecular weight is 378 g/mol. The molecule has 0 radical (unpaired) electrons. The SMILES string of the molecule is COc1cccc(CNC(=O)Cc2nc(C#N)c3cccnc3c2O)c1OC. The van der Waals surface area contributed by atoms with Crippen LogP contribution in [0.15, 0.2) is 36.5 Å². The number of carbonyl (C=O) groups is 1. The summed E-state index contributed by atoms with van der Waals surface area (Å²) >= 11 is 0. The number of para-hydroxylation sites is 1. The first kappa shape index (κ1) is 18.9. The number of aromatic hydroxyl groups is 1. The smallest absolute Gasteiger partial charge is 0.226 e. The van der Waals surface area contributed by atoms with Crippen molar-refractivity contribution in [3.63, 3.8) is 0 Å². The molecule has 0 spiro atoms. The molecule has 28 heavy (non-hydrogen) atoms. The maximum atomic E-state index is 12.4. The molecule has 1 aromatic carbocycles. The van der Waals surface area contributed by atoms with E-state index in [0.717, 1.165) is 5.56 Å². The predicted octanol–water partition coefficient (Wildman–Crippen LogP) is 2.08. The molecular weight excluding hydrogens is 360 g/mol. The van der Waals surface area contributed by atoms with Gasteiger partial charge in [-0.3, -0.25) is 9.78 Å². The number of hydrogen-bond acceptors (Lipinski definition) is 7. The molecule has 0 atom stereocenters. The molecule has 0 aliphatic carbocycles. The Hall–Kier alpha value is -3.86. The zero-order valence-electron chi connectivity index (χ0n) is 15.4. The fourth-order valence-corrected chi connectivity index (χ4v) is 2.88. The second kappa shape index (κ2) is 8.22. The minimum atomic E-state index is -0.369. The van der Waals surface area contributed by atoms with Crippen LogP contribution in [-0.2, 0) is 17.8 Å². The van der Waals surface area contributed by atoms with Gasteiger partial charge in [-0.25, -0.2) is 4.98 Å². The number of fused-ring (bicyclic) bond motifs is 1. The molecule has 3 aromatic rings. The second-order valence-electron chi connectivity index (χ2n) is 5.87. The Morgan fingerprint density at radius 2 is 2.07 bits per heavy atom. The van der Waals surface area contributed by atoms with Crippen molar-refractivity contribution >= 4 is 16.8 Å². The number of nitrogens with one attached hydrogen (secondary N) is 1. The Labute approximate surface area is 161 Å². The van der Waals surface area contributed by atoms with E-state index in [9.17, 15) is 15.2 Å². The van der Waals surface area contributed by atoms with Crippen LogP contribution in [0.3, 0.4) is 0 Å². The van der Waals surface area contributed by atoms with Gasteiger partial charge in [0.15, 0.2) is 17.2 Å². The summed E-state index contributed by atoms with van der Waals surface area (Å²) in [6.45, 7) is 0.205. The average Bonchev–Trinajstić information content (AvgIpc) is 2.73. The molecule has 0 bridgehead atoms. The lowest BCUT2D eigenvalue weighted by molar-refractivity contribution is -0.120. The highest BCUT2D eigenvalue weighted by molar-refractivity contribution is 5.90. The van der Waals surface area contributed by atoms with Crippen LogP contribution in [0, 0.1) is 11.3 Å². The van der Waals surface area contributed by atoms with Gasteiger partial charge in [-0.05, 0) is 18.2 Å². The van der Waals surface area contributed by atoms with Crippen molar-refractivity contribution in [2.24, 2.45) is 0 Å². The van der Waals surface area contributed by atoms with Crippen molar-refractivity contribution in [2.75, 3.05) is 14.2 Å². The lowest BCUT2D eigenvalue weighted by Crippen LogP contribution is -2.25. The van der Waals surface area contributed by atoms with E-state index in [4.69, 9.17) is 9.47 Å². The maximum absolute atomic E-state index is 12.4. The first-order valence-electron chi connectivity index (χ1n) is 8.42. The summed E-state index contributed by atoms with van der Waals surface area (Å²) in [6.07, 6.45) is 1.31. The number of carbonyl (C=O) groups excluding carboxylic acids is 1.